The van der Waals surface area contributed by atoms with Gasteiger partial charge in [0.25, 0.3) is 0 Å². The molecule has 28 heavy (non-hydrogen) atoms. The van der Waals surface area contributed by atoms with E-state index in [1.54, 1.807) is 20.0 Å². The second kappa shape index (κ2) is 8.61. The first-order valence-electron chi connectivity index (χ1n) is 10.2. The van der Waals surface area contributed by atoms with E-state index >= 15 is 0 Å². The molecule has 0 aliphatic carbocycles. The third kappa shape index (κ3) is 4.91. The van der Waals surface area contributed by atoms with Crippen LogP contribution in [0, 0.1) is 0 Å². The van der Waals surface area contributed by atoms with Gasteiger partial charge in [-0.3, -0.25) is 14.3 Å². The van der Waals surface area contributed by atoms with Crippen molar-refractivity contribution in [2.24, 2.45) is 0 Å². The standard InChI is InChI=1S/C20H32N4O4/c1-3-17(25)22-16-14-28-20(15-19(16,2)27)7-12-23(13-8-20)18(26)6-4-10-24-11-5-9-21-24/h5,9,11,16,27H,3-4,6-8,10,12-15H2,1-2H3,(H,22,25)/t16-,19-/m0/s1. The number of ether oxygens (including phenoxy) is 1. The highest BCUT2D eigenvalue weighted by Crippen LogP contribution is 2.39. The minimum absolute atomic E-state index is 0.0830. The van der Waals surface area contributed by atoms with Crippen LogP contribution in [0.3, 0.4) is 0 Å². The third-order valence-electron chi connectivity index (χ3n) is 6.01. The van der Waals surface area contributed by atoms with Gasteiger partial charge in [0.15, 0.2) is 0 Å². The summed E-state index contributed by atoms with van der Waals surface area (Å²) in [4.78, 5) is 26.1. The van der Waals surface area contributed by atoms with Crippen molar-refractivity contribution in [2.45, 2.75) is 76.2 Å². The van der Waals surface area contributed by atoms with Gasteiger partial charge in [-0.25, -0.2) is 0 Å². The first kappa shape index (κ1) is 20.8. The molecule has 2 N–H and O–H groups in total. The Hall–Kier alpha value is -1.93. The van der Waals surface area contributed by atoms with Crippen molar-refractivity contribution in [3.05, 3.63) is 18.5 Å². The normalized spacial score (nSPS) is 27.0. The second-order valence-corrected chi connectivity index (χ2v) is 8.26. The van der Waals surface area contributed by atoms with E-state index < -0.39 is 17.2 Å². The predicted molar refractivity (Wildman–Crippen MR) is 103 cm³/mol. The maximum Gasteiger partial charge on any atom is 0.222 e. The van der Waals surface area contributed by atoms with Crippen LogP contribution < -0.4 is 5.32 Å². The Morgan fingerprint density at radius 2 is 2.11 bits per heavy atom. The first-order valence-corrected chi connectivity index (χ1v) is 10.2. The average molecular weight is 393 g/mol. The number of amides is 2. The number of hydrogen-bond acceptors (Lipinski definition) is 5. The number of aryl methyl sites for hydroxylation is 1. The van der Waals surface area contributed by atoms with Crippen molar-refractivity contribution in [1.29, 1.82) is 0 Å². The Morgan fingerprint density at radius 1 is 1.36 bits per heavy atom. The molecule has 8 heteroatoms. The Balaban J connectivity index is 1.46. The summed E-state index contributed by atoms with van der Waals surface area (Å²) in [6.07, 6.45) is 7.19. The van der Waals surface area contributed by atoms with Crippen molar-refractivity contribution in [3.8, 4) is 0 Å². The van der Waals surface area contributed by atoms with Crippen LogP contribution in [0.4, 0.5) is 0 Å². The molecule has 2 aliphatic rings. The Bertz CT molecular complexity index is 666. The van der Waals surface area contributed by atoms with Gasteiger partial charge in [0.1, 0.15) is 0 Å². The van der Waals surface area contributed by atoms with E-state index in [-0.39, 0.29) is 11.8 Å². The highest BCUT2D eigenvalue weighted by atomic mass is 16.5. The number of aromatic nitrogens is 2. The van der Waals surface area contributed by atoms with E-state index in [0.717, 1.165) is 13.0 Å². The molecular weight excluding hydrogens is 360 g/mol. The molecule has 2 saturated heterocycles. The number of aliphatic hydroxyl groups is 1. The fraction of sp³-hybridized carbons (Fsp3) is 0.750. The summed E-state index contributed by atoms with van der Waals surface area (Å²) in [6.45, 7) is 5.89. The van der Waals surface area contributed by atoms with Crippen LogP contribution in [-0.2, 0) is 20.9 Å². The molecule has 0 unspecified atom stereocenters. The van der Waals surface area contributed by atoms with Gasteiger partial charge in [0.2, 0.25) is 11.8 Å². The van der Waals surface area contributed by atoms with Gasteiger partial charge in [0.05, 0.1) is 23.9 Å². The zero-order valence-corrected chi connectivity index (χ0v) is 16.9. The molecule has 1 spiro atoms. The van der Waals surface area contributed by atoms with Gasteiger partial charge < -0.3 is 20.1 Å². The van der Waals surface area contributed by atoms with Crippen LogP contribution in [0.1, 0.15) is 52.4 Å². The molecule has 1 aromatic heterocycles. The molecule has 0 saturated carbocycles. The number of hydrogen-bond donors (Lipinski definition) is 2. The first-order chi connectivity index (χ1) is 13.3. The summed E-state index contributed by atoms with van der Waals surface area (Å²) in [5.74, 6) is 0.0815. The average Bonchev–Trinajstić information content (AvgIpc) is 3.17. The lowest BCUT2D eigenvalue weighted by molar-refractivity contribution is -0.190. The molecule has 156 valence electrons. The minimum atomic E-state index is -1.01. The van der Waals surface area contributed by atoms with Crippen molar-refractivity contribution in [2.75, 3.05) is 19.7 Å². The molecule has 1 aromatic rings. The Labute approximate surface area is 166 Å². The van der Waals surface area contributed by atoms with E-state index in [0.29, 0.717) is 51.8 Å². The fourth-order valence-corrected chi connectivity index (χ4v) is 4.23. The maximum atomic E-state index is 12.5. The molecular formula is C20H32N4O4. The topological polar surface area (TPSA) is 96.7 Å². The van der Waals surface area contributed by atoms with Gasteiger partial charge in [-0.2, -0.15) is 5.10 Å². The van der Waals surface area contributed by atoms with Crippen LogP contribution in [0.15, 0.2) is 18.5 Å². The molecule has 2 aliphatic heterocycles. The molecule has 2 amide bonds. The summed E-state index contributed by atoms with van der Waals surface area (Å²) in [6, 6.07) is 1.48. The highest BCUT2D eigenvalue weighted by molar-refractivity contribution is 5.76. The lowest BCUT2D eigenvalue weighted by Gasteiger charge is -2.51. The number of carbonyl (C=O) groups is 2. The monoisotopic (exact) mass is 392 g/mol. The van der Waals surface area contributed by atoms with Gasteiger partial charge in [0, 0.05) is 51.3 Å². The van der Waals surface area contributed by atoms with Gasteiger partial charge in [-0.05, 0) is 32.3 Å². The van der Waals surface area contributed by atoms with Crippen molar-refractivity contribution in [1.82, 2.24) is 20.0 Å². The Morgan fingerprint density at radius 3 is 2.71 bits per heavy atom. The number of rotatable bonds is 6. The fourth-order valence-electron chi connectivity index (χ4n) is 4.23. The maximum absolute atomic E-state index is 12.5. The summed E-state index contributed by atoms with van der Waals surface area (Å²) >= 11 is 0. The molecule has 3 heterocycles. The largest absolute Gasteiger partial charge is 0.388 e. The molecule has 0 radical (unpaired) electrons. The quantitative estimate of drug-likeness (QED) is 0.755. The van der Waals surface area contributed by atoms with E-state index in [2.05, 4.69) is 10.4 Å². The smallest absolute Gasteiger partial charge is 0.222 e. The predicted octanol–water partition coefficient (Wildman–Crippen LogP) is 1.09. The van der Waals surface area contributed by atoms with E-state index in [4.69, 9.17) is 4.74 Å². The lowest BCUT2D eigenvalue weighted by atomic mass is 9.75. The summed E-state index contributed by atoms with van der Waals surface area (Å²) in [5.41, 5.74) is -1.43. The summed E-state index contributed by atoms with van der Waals surface area (Å²) in [5, 5.41) is 17.9. The molecule has 2 fully saturated rings. The summed E-state index contributed by atoms with van der Waals surface area (Å²) < 4.78 is 7.97. The van der Waals surface area contributed by atoms with Crippen LogP contribution in [0.25, 0.3) is 0 Å². The number of nitrogens with zero attached hydrogens (tertiary/aromatic N) is 3. The van der Waals surface area contributed by atoms with Gasteiger partial charge >= 0.3 is 0 Å². The third-order valence-corrected chi connectivity index (χ3v) is 6.01. The van der Waals surface area contributed by atoms with E-state index in [1.165, 1.54) is 0 Å². The van der Waals surface area contributed by atoms with Crippen molar-refractivity contribution < 1.29 is 19.4 Å². The van der Waals surface area contributed by atoms with E-state index in [1.807, 2.05) is 21.8 Å². The van der Waals surface area contributed by atoms with Crippen LogP contribution in [0.2, 0.25) is 0 Å². The minimum Gasteiger partial charge on any atom is -0.388 e. The zero-order chi connectivity index (χ0) is 20.2. The van der Waals surface area contributed by atoms with Gasteiger partial charge in [-0.15, -0.1) is 0 Å². The van der Waals surface area contributed by atoms with Crippen molar-refractivity contribution in [3.63, 3.8) is 0 Å². The lowest BCUT2D eigenvalue weighted by Crippen LogP contribution is -2.64. The Kier molecular flexibility index (Phi) is 6.40. The number of nitrogens with one attached hydrogen (secondary N) is 1. The SMILES string of the molecule is CCC(=O)N[C@H]1COC2(CCN(C(=O)CCCn3cccn3)CC2)C[C@]1(C)O. The second-order valence-electron chi connectivity index (χ2n) is 8.26. The number of carbonyl (C=O) groups excluding carboxylic acids is 2. The van der Waals surface area contributed by atoms with E-state index in [9.17, 15) is 14.7 Å². The molecule has 0 bridgehead atoms. The summed E-state index contributed by atoms with van der Waals surface area (Å²) in [7, 11) is 0. The van der Waals surface area contributed by atoms with Gasteiger partial charge in [-0.1, -0.05) is 6.92 Å². The highest BCUT2D eigenvalue weighted by Gasteiger charge is 2.49. The number of piperidine rings is 1. The molecule has 2 atom stereocenters. The van der Waals surface area contributed by atoms with Crippen LogP contribution >= 0.6 is 0 Å². The van der Waals surface area contributed by atoms with Crippen LogP contribution in [0.5, 0.6) is 0 Å². The van der Waals surface area contributed by atoms with Crippen molar-refractivity contribution >= 4 is 11.8 Å². The van der Waals surface area contributed by atoms with Crippen LogP contribution in [-0.4, -0.2) is 68.5 Å². The number of likely N-dealkylation sites (tertiary alicyclic amines) is 1. The zero-order valence-electron chi connectivity index (χ0n) is 16.9. The molecule has 8 nitrogen and oxygen atoms in total. The molecule has 0 aromatic carbocycles. The molecule has 3 rings (SSSR count).